The van der Waals surface area contributed by atoms with Crippen molar-refractivity contribution in [3.05, 3.63) is 29.6 Å². The molecule has 0 radical (unpaired) electrons. The second kappa shape index (κ2) is 4.84. The summed E-state index contributed by atoms with van der Waals surface area (Å²) in [5, 5.41) is 2.71. The fraction of sp³-hybridized carbons (Fsp3) is 0.462. The molecule has 1 atom stereocenters. The SMILES string of the molecule is Cc1ccc(NC(=O)CN2CCC2C)cc1F. The Kier molecular flexibility index (Phi) is 3.43. The molecule has 0 bridgehead atoms. The van der Waals surface area contributed by atoms with Crippen LogP contribution in [0.2, 0.25) is 0 Å². The van der Waals surface area contributed by atoms with Crippen LogP contribution >= 0.6 is 0 Å². The van der Waals surface area contributed by atoms with Crippen LogP contribution in [0.1, 0.15) is 18.9 Å². The molecule has 1 aromatic carbocycles. The molecule has 1 heterocycles. The molecule has 1 aliphatic heterocycles. The van der Waals surface area contributed by atoms with Crippen molar-refractivity contribution in [3.8, 4) is 0 Å². The standard InChI is InChI=1S/C13H17FN2O/c1-9-3-4-11(7-12(9)14)15-13(17)8-16-6-5-10(16)2/h3-4,7,10H,5-6,8H2,1-2H3,(H,15,17). The van der Waals surface area contributed by atoms with Gasteiger partial charge in [-0.15, -0.1) is 0 Å². The van der Waals surface area contributed by atoms with Gasteiger partial charge < -0.3 is 5.32 Å². The van der Waals surface area contributed by atoms with Crippen molar-refractivity contribution < 1.29 is 9.18 Å². The lowest BCUT2D eigenvalue weighted by molar-refractivity contribution is -0.119. The minimum atomic E-state index is -0.292. The van der Waals surface area contributed by atoms with E-state index in [2.05, 4.69) is 17.1 Å². The predicted octanol–water partition coefficient (Wildman–Crippen LogP) is 2.17. The molecule has 1 aliphatic rings. The number of benzene rings is 1. The highest BCUT2D eigenvalue weighted by atomic mass is 19.1. The number of anilines is 1. The molecule has 1 unspecified atom stereocenters. The van der Waals surface area contributed by atoms with Crippen molar-refractivity contribution in [2.24, 2.45) is 0 Å². The Bertz CT molecular complexity index is 433. The number of hydrogen-bond acceptors (Lipinski definition) is 2. The number of carbonyl (C=O) groups is 1. The Morgan fingerprint density at radius 1 is 1.59 bits per heavy atom. The molecule has 3 nitrogen and oxygen atoms in total. The van der Waals surface area contributed by atoms with E-state index in [1.165, 1.54) is 6.07 Å². The predicted molar refractivity (Wildman–Crippen MR) is 65.4 cm³/mol. The number of nitrogens with zero attached hydrogens (tertiary/aromatic N) is 1. The van der Waals surface area contributed by atoms with E-state index in [-0.39, 0.29) is 11.7 Å². The number of rotatable bonds is 3. The summed E-state index contributed by atoms with van der Waals surface area (Å²) in [5.74, 6) is -0.375. The quantitative estimate of drug-likeness (QED) is 0.872. The van der Waals surface area contributed by atoms with E-state index >= 15 is 0 Å². The third kappa shape index (κ3) is 2.82. The lowest BCUT2D eigenvalue weighted by atomic mass is 10.1. The molecule has 1 N–H and O–H groups in total. The second-order valence-electron chi connectivity index (χ2n) is 4.62. The highest BCUT2D eigenvalue weighted by Crippen LogP contribution is 2.17. The number of nitrogens with one attached hydrogen (secondary N) is 1. The molecule has 0 aliphatic carbocycles. The molecule has 4 heteroatoms. The van der Waals surface area contributed by atoms with Crippen molar-refractivity contribution >= 4 is 11.6 Å². The van der Waals surface area contributed by atoms with Gasteiger partial charge in [-0.3, -0.25) is 9.69 Å². The van der Waals surface area contributed by atoms with E-state index in [0.717, 1.165) is 13.0 Å². The average molecular weight is 236 g/mol. The smallest absolute Gasteiger partial charge is 0.238 e. The third-order valence-corrected chi connectivity index (χ3v) is 3.26. The van der Waals surface area contributed by atoms with Gasteiger partial charge in [-0.2, -0.15) is 0 Å². The van der Waals surface area contributed by atoms with Crippen LogP contribution < -0.4 is 5.32 Å². The molecule has 0 saturated carbocycles. The van der Waals surface area contributed by atoms with E-state index < -0.39 is 0 Å². The zero-order valence-electron chi connectivity index (χ0n) is 10.2. The first kappa shape index (κ1) is 12.0. The van der Waals surface area contributed by atoms with Gasteiger partial charge in [-0.05, 0) is 38.0 Å². The van der Waals surface area contributed by atoms with Crippen LogP contribution in [0.25, 0.3) is 0 Å². The van der Waals surface area contributed by atoms with Crippen LogP contribution in [-0.4, -0.2) is 29.9 Å². The Morgan fingerprint density at radius 3 is 2.88 bits per heavy atom. The van der Waals surface area contributed by atoms with Gasteiger partial charge in [0.15, 0.2) is 0 Å². The van der Waals surface area contributed by atoms with Crippen LogP contribution in [-0.2, 0) is 4.79 Å². The van der Waals surface area contributed by atoms with Gasteiger partial charge in [0.25, 0.3) is 0 Å². The first-order valence-corrected chi connectivity index (χ1v) is 5.86. The van der Waals surface area contributed by atoms with Crippen molar-refractivity contribution in [2.45, 2.75) is 26.3 Å². The fourth-order valence-corrected chi connectivity index (χ4v) is 1.86. The lowest BCUT2D eigenvalue weighted by Gasteiger charge is -2.37. The lowest BCUT2D eigenvalue weighted by Crippen LogP contribution is -2.49. The van der Waals surface area contributed by atoms with Crippen LogP contribution in [0.4, 0.5) is 10.1 Å². The summed E-state index contributed by atoms with van der Waals surface area (Å²) in [6, 6.07) is 5.22. The first-order chi connectivity index (χ1) is 8.06. The largest absolute Gasteiger partial charge is 0.325 e. The summed E-state index contributed by atoms with van der Waals surface area (Å²) in [4.78, 5) is 13.8. The molecule has 2 rings (SSSR count). The minimum Gasteiger partial charge on any atom is -0.325 e. The molecule has 1 amide bonds. The zero-order valence-corrected chi connectivity index (χ0v) is 10.2. The van der Waals surface area contributed by atoms with Gasteiger partial charge in [0.05, 0.1) is 6.54 Å². The monoisotopic (exact) mass is 236 g/mol. The summed E-state index contributed by atoms with van der Waals surface area (Å²) in [6.45, 7) is 5.15. The number of likely N-dealkylation sites (tertiary alicyclic amines) is 1. The van der Waals surface area contributed by atoms with Gasteiger partial charge in [-0.1, -0.05) is 6.07 Å². The van der Waals surface area contributed by atoms with Crippen molar-refractivity contribution in [2.75, 3.05) is 18.4 Å². The summed E-state index contributed by atoms with van der Waals surface area (Å²) in [5.41, 5.74) is 1.10. The maximum absolute atomic E-state index is 13.3. The average Bonchev–Trinajstić information content (AvgIpc) is 2.29. The maximum atomic E-state index is 13.3. The Balaban J connectivity index is 1.91. The summed E-state index contributed by atoms with van der Waals surface area (Å²) >= 11 is 0. The van der Waals surface area contributed by atoms with Gasteiger partial charge >= 0.3 is 0 Å². The third-order valence-electron chi connectivity index (χ3n) is 3.26. The van der Waals surface area contributed by atoms with Gasteiger partial charge in [-0.25, -0.2) is 4.39 Å². The van der Waals surface area contributed by atoms with Gasteiger partial charge in [0, 0.05) is 18.3 Å². The number of amides is 1. The Morgan fingerprint density at radius 2 is 2.35 bits per heavy atom. The maximum Gasteiger partial charge on any atom is 0.238 e. The number of aryl methyl sites for hydroxylation is 1. The number of halogens is 1. The van der Waals surface area contributed by atoms with E-state index in [1.54, 1.807) is 19.1 Å². The first-order valence-electron chi connectivity index (χ1n) is 5.86. The Hall–Kier alpha value is -1.42. The van der Waals surface area contributed by atoms with E-state index in [1.807, 2.05) is 0 Å². The summed E-state index contributed by atoms with van der Waals surface area (Å²) < 4.78 is 13.3. The molecule has 0 aromatic heterocycles. The van der Waals surface area contributed by atoms with E-state index in [4.69, 9.17) is 0 Å². The van der Waals surface area contributed by atoms with Crippen molar-refractivity contribution in [1.82, 2.24) is 4.90 Å². The molecular formula is C13H17FN2O. The van der Waals surface area contributed by atoms with Gasteiger partial charge in [0.1, 0.15) is 5.82 Å². The van der Waals surface area contributed by atoms with Crippen LogP contribution in [0, 0.1) is 12.7 Å². The zero-order chi connectivity index (χ0) is 12.4. The minimum absolute atomic E-state index is 0.0835. The van der Waals surface area contributed by atoms with Crippen molar-refractivity contribution in [1.29, 1.82) is 0 Å². The molecule has 1 saturated heterocycles. The second-order valence-corrected chi connectivity index (χ2v) is 4.62. The summed E-state index contributed by atoms with van der Waals surface area (Å²) in [6.07, 6.45) is 1.15. The molecule has 1 fully saturated rings. The molecule has 1 aromatic rings. The molecule has 0 spiro atoms. The van der Waals surface area contributed by atoms with E-state index in [9.17, 15) is 9.18 Å². The topological polar surface area (TPSA) is 32.3 Å². The number of carbonyl (C=O) groups excluding carboxylic acids is 1. The molecule has 92 valence electrons. The fourth-order valence-electron chi connectivity index (χ4n) is 1.86. The highest BCUT2D eigenvalue weighted by Gasteiger charge is 2.25. The molecular weight excluding hydrogens is 219 g/mol. The number of hydrogen-bond donors (Lipinski definition) is 1. The molecule has 17 heavy (non-hydrogen) atoms. The van der Waals surface area contributed by atoms with Crippen LogP contribution in [0.15, 0.2) is 18.2 Å². The summed E-state index contributed by atoms with van der Waals surface area (Å²) in [7, 11) is 0. The normalized spacial score (nSPS) is 19.8. The van der Waals surface area contributed by atoms with Crippen LogP contribution in [0.5, 0.6) is 0 Å². The van der Waals surface area contributed by atoms with Crippen LogP contribution in [0.3, 0.4) is 0 Å². The Labute approximate surface area is 101 Å². The van der Waals surface area contributed by atoms with Gasteiger partial charge in [0.2, 0.25) is 5.91 Å². The van der Waals surface area contributed by atoms with Crippen molar-refractivity contribution in [3.63, 3.8) is 0 Å². The van der Waals surface area contributed by atoms with E-state index in [0.29, 0.717) is 23.8 Å². The highest BCUT2D eigenvalue weighted by molar-refractivity contribution is 5.92.